The topological polar surface area (TPSA) is 27.7 Å². The van der Waals surface area contributed by atoms with Crippen molar-refractivity contribution in [2.24, 2.45) is 0 Å². The van der Waals surface area contributed by atoms with Gasteiger partial charge in [0.15, 0.2) is 0 Å². The number of hydrogen-bond donors (Lipinski definition) is 1. The molecule has 0 saturated carbocycles. The molecule has 96 valence electrons. The van der Waals surface area contributed by atoms with Gasteiger partial charge in [-0.05, 0) is 33.5 Å². The number of rotatable bonds is 6. The van der Waals surface area contributed by atoms with Gasteiger partial charge in [0.2, 0.25) is 0 Å². The summed E-state index contributed by atoms with van der Waals surface area (Å²) >= 11 is 0. The van der Waals surface area contributed by atoms with Gasteiger partial charge in [0.05, 0.1) is 6.61 Å². The van der Waals surface area contributed by atoms with Gasteiger partial charge >= 0.3 is 0 Å². The van der Waals surface area contributed by atoms with Crippen LogP contribution in [-0.4, -0.2) is 75.9 Å². The van der Waals surface area contributed by atoms with Crippen LogP contribution >= 0.6 is 0 Å². The van der Waals surface area contributed by atoms with E-state index in [0.29, 0.717) is 6.04 Å². The number of nitrogens with one attached hydrogen (secondary N) is 1. The van der Waals surface area contributed by atoms with E-state index in [1.54, 1.807) is 7.11 Å². The summed E-state index contributed by atoms with van der Waals surface area (Å²) in [6.07, 6.45) is 1.30. The van der Waals surface area contributed by atoms with Crippen LogP contribution in [0.5, 0.6) is 0 Å². The van der Waals surface area contributed by atoms with Crippen LogP contribution in [0.15, 0.2) is 0 Å². The Hall–Kier alpha value is -0.160. The van der Waals surface area contributed by atoms with Gasteiger partial charge in [0.1, 0.15) is 0 Å². The van der Waals surface area contributed by atoms with Gasteiger partial charge in [-0.1, -0.05) is 0 Å². The molecule has 1 unspecified atom stereocenters. The van der Waals surface area contributed by atoms with Crippen molar-refractivity contribution in [2.75, 3.05) is 60.0 Å². The van der Waals surface area contributed by atoms with E-state index in [-0.39, 0.29) is 0 Å². The van der Waals surface area contributed by atoms with Crippen LogP contribution in [-0.2, 0) is 4.74 Å². The fraction of sp³-hybridized carbons (Fsp3) is 1.00. The van der Waals surface area contributed by atoms with Crippen LogP contribution in [0.4, 0.5) is 0 Å². The van der Waals surface area contributed by atoms with Crippen LogP contribution in [0.25, 0.3) is 0 Å². The quantitative estimate of drug-likeness (QED) is 0.706. The van der Waals surface area contributed by atoms with Crippen molar-refractivity contribution in [3.63, 3.8) is 0 Å². The van der Waals surface area contributed by atoms with Gasteiger partial charge < -0.3 is 19.9 Å². The summed E-state index contributed by atoms with van der Waals surface area (Å²) in [6.45, 7) is 10.1. The standard InChI is InChI=1S/C12H27N3O/c1-12(11-16-3)13-5-8-15-7-4-6-14(2)9-10-15/h12-13H,4-11H2,1-3H3. The Morgan fingerprint density at radius 1 is 1.25 bits per heavy atom. The van der Waals surface area contributed by atoms with Gasteiger partial charge in [-0.2, -0.15) is 0 Å². The minimum absolute atomic E-state index is 0.458. The summed E-state index contributed by atoms with van der Waals surface area (Å²) in [4.78, 5) is 4.97. The molecular formula is C12H27N3O. The van der Waals surface area contributed by atoms with Gasteiger partial charge in [-0.3, -0.25) is 0 Å². The average molecular weight is 229 g/mol. The van der Waals surface area contributed by atoms with Crippen molar-refractivity contribution in [2.45, 2.75) is 19.4 Å². The number of likely N-dealkylation sites (N-methyl/N-ethyl adjacent to an activating group) is 1. The molecule has 0 aliphatic carbocycles. The van der Waals surface area contributed by atoms with Crippen LogP contribution in [0.1, 0.15) is 13.3 Å². The normalized spacial score (nSPS) is 21.9. The molecule has 0 aromatic rings. The maximum absolute atomic E-state index is 5.10. The lowest BCUT2D eigenvalue weighted by Gasteiger charge is -2.21. The third kappa shape index (κ3) is 5.80. The van der Waals surface area contributed by atoms with Gasteiger partial charge in [-0.25, -0.2) is 0 Å². The fourth-order valence-electron chi connectivity index (χ4n) is 2.10. The minimum Gasteiger partial charge on any atom is -0.383 e. The summed E-state index contributed by atoms with van der Waals surface area (Å²) in [5.41, 5.74) is 0. The van der Waals surface area contributed by atoms with Gasteiger partial charge in [0, 0.05) is 39.3 Å². The van der Waals surface area contributed by atoms with E-state index >= 15 is 0 Å². The second kappa shape index (κ2) is 8.01. The van der Waals surface area contributed by atoms with Crippen molar-refractivity contribution < 1.29 is 4.74 Å². The van der Waals surface area contributed by atoms with Crippen molar-refractivity contribution in [3.05, 3.63) is 0 Å². The van der Waals surface area contributed by atoms with Crippen molar-refractivity contribution in [3.8, 4) is 0 Å². The Labute approximate surface area is 99.9 Å². The van der Waals surface area contributed by atoms with Crippen LogP contribution < -0.4 is 5.32 Å². The first-order valence-electron chi connectivity index (χ1n) is 6.35. The van der Waals surface area contributed by atoms with E-state index in [4.69, 9.17) is 4.74 Å². The highest BCUT2D eigenvalue weighted by atomic mass is 16.5. The summed E-state index contributed by atoms with van der Waals surface area (Å²) in [6, 6.07) is 0.458. The zero-order chi connectivity index (χ0) is 11.8. The molecule has 1 fully saturated rings. The predicted octanol–water partition coefficient (Wildman–Crippen LogP) is 0.248. The highest BCUT2D eigenvalue weighted by Crippen LogP contribution is 1.99. The van der Waals surface area contributed by atoms with Crippen LogP contribution in [0.2, 0.25) is 0 Å². The number of methoxy groups -OCH3 is 1. The van der Waals surface area contributed by atoms with Crippen molar-refractivity contribution in [1.29, 1.82) is 0 Å². The summed E-state index contributed by atoms with van der Waals surface area (Å²) in [5.74, 6) is 0. The molecule has 1 atom stereocenters. The molecule has 0 aromatic carbocycles. The zero-order valence-corrected chi connectivity index (χ0v) is 11.0. The molecule has 4 heteroatoms. The Kier molecular flexibility index (Phi) is 6.96. The Bertz CT molecular complexity index is 178. The minimum atomic E-state index is 0.458. The smallest absolute Gasteiger partial charge is 0.0613 e. The van der Waals surface area contributed by atoms with E-state index in [9.17, 15) is 0 Å². The summed E-state index contributed by atoms with van der Waals surface area (Å²) in [7, 11) is 3.96. The SMILES string of the molecule is COCC(C)NCCN1CCCN(C)CC1. The lowest BCUT2D eigenvalue weighted by atomic mass is 10.3. The van der Waals surface area contributed by atoms with Crippen molar-refractivity contribution in [1.82, 2.24) is 15.1 Å². The first kappa shape index (κ1) is 13.9. The van der Waals surface area contributed by atoms with E-state index in [1.807, 2.05) is 0 Å². The molecule has 1 heterocycles. The molecule has 0 spiro atoms. The first-order chi connectivity index (χ1) is 7.72. The molecule has 4 nitrogen and oxygen atoms in total. The Balaban J connectivity index is 2.07. The predicted molar refractivity (Wildman–Crippen MR) is 67.9 cm³/mol. The lowest BCUT2D eigenvalue weighted by Crippen LogP contribution is -2.39. The zero-order valence-electron chi connectivity index (χ0n) is 11.0. The number of nitrogens with zero attached hydrogens (tertiary/aromatic N) is 2. The molecule has 0 aromatic heterocycles. The molecule has 1 N–H and O–H groups in total. The number of hydrogen-bond acceptors (Lipinski definition) is 4. The summed E-state index contributed by atoms with van der Waals surface area (Å²) < 4.78 is 5.10. The van der Waals surface area contributed by atoms with E-state index in [2.05, 4.69) is 29.1 Å². The maximum atomic E-state index is 5.10. The van der Waals surface area contributed by atoms with Crippen LogP contribution in [0, 0.1) is 0 Å². The second-order valence-electron chi connectivity index (χ2n) is 4.81. The van der Waals surface area contributed by atoms with E-state index in [1.165, 1.54) is 32.6 Å². The van der Waals surface area contributed by atoms with Gasteiger partial charge in [0.25, 0.3) is 0 Å². The molecular weight excluding hydrogens is 202 g/mol. The molecule has 0 bridgehead atoms. The molecule has 0 amide bonds. The highest BCUT2D eigenvalue weighted by Gasteiger charge is 2.11. The largest absolute Gasteiger partial charge is 0.383 e. The monoisotopic (exact) mass is 229 g/mol. The molecule has 1 rings (SSSR count). The third-order valence-electron chi connectivity index (χ3n) is 3.15. The van der Waals surface area contributed by atoms with Gasteiger partial charge in [-0.15, -0.1) is 0 Å². The Morgan fingerprint density at radius 2 is 2.06 bits per heavy atom. The number of ether oxygens (including phenoxy) is 1. The lowest BCUT2D eigenvalue weighted by molar-refractivity contribution is 0.169. The average Bonchev–Trinajstić information content (AvgIpc) is 2.44. The second-order valence-corrected chi connectivity index (χ2v) is 4.81. The molecule has 1 aliphatic heterocycles. The maximum Gasteiger partial charge on any atom is 0.0613 e. The van der Waals surface area contributed by atoms with E-state index < -0.39 is 0 Å². The third-order valence-corrected chi connectivity index (χ3v) is 3.15. The first-order valence-corrected chi connectivity index (χ1v) is 6.35. The molecule has 16 heavy (non-hydrogen) atoms. The molecule has 0 radical (unpaired) electrons. The van der Waals surface area contributed by atoms with Crippen LogP contribution in [0.3, 0.4) is 0 Å². The highest BCUT2D eigenvalue weighted by molar-refractivity contribution is 4.69. The Morgan fingerprint density at radius 3 is 2.81 bits per heavy atom. The summed E-state index contributed by atoms with van der Waals surface area (Å²) in [5, 5.41) is 3.48. The van der Waals surface area contributed by atoms with Crippen molar-refractivity contribution >= 4 is 0 Å². The molecule has 1 aliphatic rings. The van der Waals surface area contributed by atoms with E-state index in [0.717, 1.165) is 19.7 Å². The molecule has 1 saturated heterocycles. The fourth-order valence-corrected chi connectivity index (χ4v) is 2.10.